The number of likely N-dealkylation sites (N-methyl/N-ethyl adjacent to an activating group) is 1. The molecule has 0 aliphatic carbocycles. The highest BCUT2D eigenvalue weighted by molar-refractivity contribution is 14.0. The van der Waals surface area contributed by atoms with Crippen molar-refractivity contribution in [1.29, 1.82) is 0 Å². The number of nitrogens with zero attached hydrogens (tertiary/aromatic N) is 3. The highest BCUT2D eigenvalue weighted by atomic mass is 127. The zero-order chi connectivity index (χ0) is 20.5. The topological polar surface area (TPSA) is 51.1 Å². The Labute approximate surface area is 202 Å². The van der Waals surface area contributed by atoms with Crippen molar-refractivity contribution in [2.45, 2.75) is 32.7 Å². The van der Waals surface area contributed by atoms with Crippen LogP contribution in [0.2, 0.25) is 0 Å². The Bertz CT molecular complexity index is 743. The Hall–Kier alpha value is -1.32. The van der Waals surface area contributed by atoms with Gasteiger partial charge in [0, 0.05) is 50.4 Å². The quantitative estimate of drug-likeness (QED) is 0.298. The molecule has 0 radical (unpaired) electrons. The number of aliphatic hydroxyl groups is 1. The SMILES string of the molecule is CCNC(=NCc1ccc(N2CCC(CO)CC2)cc1)N(C)CCc1cccs1.I. The predicted molar refractivity (Wildman–Crippen MR) is 139 cm³/mol. The van der Waals surface area contributed by atoms with Gasteiger partial charge in [0.1, 0.15) is 0 Å². The molecule has 0 bridgehead atoms. The van der Waals surface area contributed by atoms with Gasteiger partial charge in [-0.05, 0) is 61.2 Å². The van der Waals surface area contributed by atoms with Crippen molar-refractivity contribution >= 4 is 47.0 Å². The van der Waals surface area contributed by atoms with Crippen LogP contribution < -0.4 is 10.2 Å². The number of aliphatic imine (C=N–C) groups is 1. The number of piperidine rings is 1. The van der Waals surface area contributed by atoms with Crippen molar-refractivity contribution in [3.63, 3.8) is 0 Å². The summed E-state index contributed by atoms with van der Waals surface area (Å²) in [5, 5.41) is 14.8. The maximum Gasteiger partial charge on any atom is 0.193 e. The first kappa shape index (κ1) is 24.9. The van der Waals surface area contributed by atoms with E-state index in [1.54, 1.807) is 0 Å². The van der Waals surface area contributed by atoms with Crippen molar-refractivity contribution in [3.05, 3.63) is 52.2 Å². The minimum atomic E-state index is 0. The summed E-state index contributed by atoms with van der Waals surface area (Å²) in [7, 11) is 2.11. The number of anilines is 1. The number of rotatable bonds is 8. The lowest BCUT2D eigenvalue weighted by Gasteiger charge is -2.32. The third-order valence-electron chi connectivity index (χ3n) is 5.56. The molecule has 1 aromatic heterocycles. The molecular formula is C23H35IN4OS. The van der Waals surface area contributed by atoms with Crippen LogP contribution in [0.4, 0.5) is 5.69 Å². The Morgan fingerprint density at radius 1 is 1.23 bits per heavy atom. The third kappa shape index (κ3) is 7.42. The normalized spacial score (nSPS) is 15.0. The summed E-state index contributed by atoms with van der Waals surface area (Å²) in [6.45, 7) is 6.99. The summed E-state index contributed by atoms with van der Waals surface area (Å²) >= 11 is 1.81. The lowest BCUT2D eigenvalue weighted by molar-refractivity contribution is 0.203. The summed E-state index contributed by atoms with van der Waals surface area (Å²) in [5.74, 6) is 1.43. The van der Waals surface area contributed by atoms with E-state index in [1.807, 2.05) is 11.3 Å². The molecule has 1 aliphatic rings. The van der Waals surface area contributed by atoms with Crippen molar-refractivity contribution in [2.75, 3.05) is 44.7 Å². The first-order valence-electron chi connectivity index (χ1n) is 10.7. The van der Waals surface area contributed by atoms with Crippen LogP contribution in [0.3, 0.4) is 0 Å². The molecule has 7 heteroatoms. The van der Waals surface area contributed by atoms with Crippen LogP contribution in [0, 0.1) is 5.92 Å². The fourth-order valence-corrected chi connectivity index (χ4v) is 4.36. The molecule has 1 saturated heterocycles. The van der Waals surface area contributed by atoms with E-state index in [1.165, 1.54) is 16.1 Å². The van der Waals surface area contributed by atoms with Crippen LogP contribution >= 0.6 is 35.3 Å². The van der Waals surface area contributed by atoms with Crippen molar-refractivity contribution in [1.82, 2.24) is 10.2 Å². The Morgan fingerprint density at radius 2 is 1.97 bits per heavy atom. The van der Waals surface area contributed by atoms with Crippen LogP contribution in [0.5, 0.6) is 0 Å². The third-order valence-corrected chi connectivity index (χ3v) is 6.49. The molecule has 0 amide bonds. The van der Waals surface area contributed by atoms with E-state index in [0.717, 1.165) is 51.4 Å². The zero-order valence-electron chi connectivity index (χ0n) is 18.1. The van der Waals surface area contributed by atoms with Crippen molar-refractivity contribution in [2.24, 2.45) is 10.9 Å². The van der Waals surface area contributed by atoms with Gasteiger partial charge in [-0.25, -0.2) is 4.99 Å². The summed E-state index contributed by atoms with van der Waals surface area (Å²) in [6.07, 6.45) is 3.19. The maximum atomic E-state index is 9.31. The lowest BCUT2D eigenvalue weighted by atomic mass is 9.97. The maximum absolute atomic E-state index is 9.31. The van der Waals surface area contributed by atoms with Gasteiger partial charge in [-0.15, -0.1) is 35.3 Å². The van der Waals surface area contributed by atoms with Gasteiger partial charge in [-0.2, -0.15) is 0 Å². The predicted octanol–water partition coefficient (Wildman–Crippen LogP) is 4.21. The zero-order valence-corrected chi connectivity index (χ0v) is 21.2. The molecule has 0 atom stereocenters. The van der Waals surface area contributed by atoms with E-state index < -0.39 is 0 Å². The lowest BCUT2D eigenvalue weighted by Crippen LogP contribution is -2.39. The second-order valence-electron chi connectivity index (χ2n) is 7.70. The fourth-order valence-electron chi connectivity index (χ4n) is 3.66. The van der Waals surface area contributed by atoms with E-state index in [9.17, 15) is 5.11 Å². The fraction of sp³-hybridized carbons (Fsp3) is 0.522. The van der Waals surface area contributed by atoms with Gasteiger partial charge in [0.2, 0.25) is 0 Å². The minimum Gasteiger partial charge on any atom is -0.396 e. The van der Waals surface area contributed by atoms with Crippen LogP contribution in [-0.2, 0) is 13.0 Å². The molecule has 1 fully saturated rings. The number of thiophene rings is 1. The summed E-state index contributed by atoms with van der Waals surface area (Å²) in [6, 6.07) is 13.1. The first-order valence-corrected chi connectivity index (χ1v) is 11.5. The number of benzene rings is 1. The van der Waals surface area contributed by atoms with Gasteiger partial charge in [0.05, 0.1) is 6.54 Å². The van der Waals surface area contributed by atoms with Gasteiger partial charge in [-0.3, -0.25) is 0 Å². The molecule has 1 aliphatic heterocycles. The number of hydrogen-bond donors (Lipinski definition) is 2. The highest BCUT2D eigenvalue weighted by Gasteiger charge is 2.18. The summed E-state index contributed by atoms with van der Waals surface area (Å²) < 4.78 is 0. The van der Waals surface area contributed by atoms with E-state index in [2.05, 4.69) is 70.9 Å². The number of hydrogen-bond acceptors (Lipinski definition) is 4. The second-order valence-corrected chi connectivity index (χ2v) is 8.73. The second kappa shape index (κ2) is 13.2. The van der Waals surface area contributed by atoms with Gasteiger partial charge in [0.25, 0.3) is 0 Å². The largest absolute Gasteiger partial charge is 0.396 e. The molecule has 2 aromatic rings. The molecule has 3 rings (SSSR count). The summed E-state index contributed by atoms with van der Waals surface area (Å²) in [5.41, 5.74) is 2.50. The van der Waals surface area contributed by atoms with Crippen LogP contribution in [0.25, 0.3) is 0 Å². The molecule has 0 spiro atoms. The molecule has 0 saturated carbocycles. The van der Waals surface area contributed by atoms with Crippen LogP contribution in [-0.4, -0.2) is 55.8 Å². The monoisotopic (exact) mass is 542 g/mol. The minimum absolute atomic E-state index is 0. The molecule has 1 aromatic carbocycles. The number of aliphatic hydroxyl groups excluding tert-OH is 1. The van der Waals surface area contributed by atoms with Gasteiger partial charge in [-0.1, -0.05) is 18.2 Å². The molecule has 166 valence electrons. The smallest absolute Gasteiger partial charge is 0.193 e. The molecule has 2 N–H and O–H groups in total. The molecule has 5 nitrogen and oxygen atoms in total. The molecule has 0 unspecified atom stereocenters. The van der Waals surface area contributed by atoms with E-state index >= 15 is 0 Å². The Balaban J connectivity index is 0.00000320. The van der Waals surface area contributed by atoms with E-state index in [4.69, 9.17) is 4.99 Å². The number of nitrogens with one attached hydrogen (secondary N) is 1. The van der Waals surface area contributed by atoms with Crippen molar-refractivity contribution < 1.29 is 5.11 Å². The molecule has 2 heterocycles. The molecular weight excluding hydrogens is 507 g/mol. The Kier molecular flexibility index (Phi) is 11.0. The van der Waals surface area contributed by atoms with Gasteiger partial charge in [0.15, 0.2) is 5.96 Å². The van der Waals surface area contributed by atoms with E-state index in [0.29, 0.717) is 19.1 Å². The summed E-state index contributed by atoms with van der Waals surface area (Å²) in [4.78, 5) is 10.9. The Morgan fingerprint density at radius 3 is 2.57 bits per heavy atom. The average Bonchev–Trinajstić information content (AvgIpc) is 3.29. The standard InChI is InChI=1S/C23H34N4OS.HI/c1-3-24-23(26(2)13-12-22-5-4-16-29-22)25-17-19-6-8-21(9-7-19)27-14-10-20(18-28)11-15-27;/h4-9,16,20,28H,3,10-15,17-18H2,1-2H3,(H,24,25);1H. The molecule has 30 heavy (non-hydrogen) atoms. The van der Waals surface area contributed by atoms with E-state index in [-0.39, 0.29) is 24.0 Å². The highest BCUT2D eigenvalue weighted by Crippen LogP contribution is 2.23. The first-order chi connectivity index (χ1) is 14.2. The van der Waals surface area contributed by atoms with Crippen LogP contribution in [0.1, 0.15) is 30.2 Å². The number of guanidine groups is 1. The average molecular weight is 543 g/mol. The van der Waals surface area contributed by atoms with Crippen molar-refractivity contribution in [3.8, 4) is 0 Å². The van der Waals surface area contributed by atoms with Crippen LogP contribution in [0.15, 0.2) is 46.8 Å². The number of halogens is 1. The van der Waals surface area contributed by atoms with Gasteiger partial charge >= 0.3 is 0 Å². The van der Waals surface area contributed by atoms with Gasteiger partial charge < -0.3 is 20.2 Å².